The predicted octanol–water partition coefficient (Wildman–Crippen LogP) is 1.22. The highest BCUT2D eigenvalue weighted by Gasteiger charge is 2.19. The molecule has 0 aromatic carbocycles. The number of anilines is 3. The molecule has 1 amide bonds. The number of hydrogen-bond acceptors (Lipinski definition) is 9. The average Bonchev–Trinajstić information content (AvgIpc) is 3.32. The molecule has 4 aromatic heterocycles. The molecular formula is C18H20N10O2. The molecule has 4 rings (SSSR count). The van der Waals surface area contributed by atoms with Gasteiger partial charge in [0.25, 0.3) is 0 Å². The van der Waals surface area contributed by atoms with Gasteiger partial charge in [0, 0.05) is 38.2 Å². The number of aryl methyl sites for hydroxylation is 1. The van der Waals surface area contributed by atoms with Crippen molar-refractivity contribution < 1.29 is 9.53 Å². The maximum absolute atomic E-state index is 12.1. The second-order valence-electron chi connectivity index (χ2n) is 6.32. The van der Waals surface area contributed by atoms with E-state index < -0.39 is 0 Å². The van der Waals surface area contributed by atoms with Gasteiger partial charge in [0.1, 0.15) is 17.3 Å². The third-order valence-electron chi connectivity index (χ3n) is 4.12. The van der Waals surface area contributed by atoms with Crippen LogP contribution in [0.3, 0.4) is 0 Å². The highest BCUT2D eigenvalue weighted by Crippen LogP contribution is 2.29. The lowest BCUT2D eigenvalue weighted by Crippen LogP contribution is -2.31. The van der Waals surface area contributed by atoms with Gasteiger partial charge in [-0.25, -0.2) is 24.3 Å². The Bertz CT molecular complexity index is 1180. The normalized spacial score (nSPS) is 11.0. The number of methoxy groups -OCH3 is 1. The molecular weight excluding hydrogens is 388 g/mol. The van der Waals surface area contributed by atoms with Crippen LogP contribution in [0.4, 0.5) is 22.2 Å². The van der Waals surface area contributed by atoms with Crippen LogP contribution in [0.25, 0.3) is 17.0 Å². The number of imidazole rings is 1. The van der Waals surface area contributed by atoms with Crippen LogP contribution in [0.1, 0.15) is 5.82 Å². The molecule has 0 aliphatic heterocycles. The fourth-order valence-electron chi connectivity index (χ4n) is 2.88. The summed E-state index contributed by atoms with van der Waals surface area (Å²) in [6, 6.07) is 6.56. The van der Waals surface area contributed by atoms with Crippen molar-refractivity contribution in [3.63, 3.8) is 0 Å². The first-order chi connectivity index (χ1) is 14.5. The van der Waals surface area contributed by atoms with E-state index in [9.17, 15) is 4.79 Å². The minimum Gasteiger partial charge on any atom is -0.384 e. The molecule has 0 aliphatic rings. The number of nitrogens with zero attached hydrogens (tertiary/aromatic N) is 7. The van der Waals surface area contributed by atoms with Crippen molar-refractivity contribution in [2.24, 2.45) is 0 Å². The van der Waals surface area contributed by atoms with Crippen molar-refractivity contribution in [2.45, 2.75) is 6.92 Å². The Morgan fingerprint density at radius 2 is 2.13 bits per heavy atom. The number of nitrogen functional groups attached to an aromatic ring is 1. The van der Waals surface area contributed by atoms with Gasteiger partial charge < -0.3 is 21.1 Å². The second kappa shape index (κ2) is 8.13. The SMILES string of the molecule is COCCNC(=O)n1ccc(Nc2nc3cccnn3c2-c2cc(N)nc(C)n2)n1. The third-order valence-corrected chi connectivity index (χ3v) is 4.12. The first-order valence-corrected chi connectivity index (χ1v) is 9.10. The van der Waals surface area contributed by atoms with Crippen LogP contribution in [0.5, 0.6) is 0 Å². The largest absolute Gasteiger partial charge is 0.384 e. The highest BCUT2D eigenvalue weighted by atomic mass is 16.5. The number of nitrogens with two attached hydrogens (primary N) is 1. The highest BCUT2D eigenvalue weighted by molar-refractivity contribution is 5.79. The Kier molecular flexibility index (Phi) is 5.22. The molecule has 0 saturated carbocycles. The molecule has 4 aromatic rings. The van der Waals surface area contributed by atoms with Gasteiger partial charge in [0.15, 0.2) is 17.3 Å². The number of amides is 1. The maximum atomic E-state index is 12.1. The zero-order valence-corrected chi connectivity index (χ0v) is 16.4. The summed E-state index contributed by atoms with van der Waals surface area (Å²) in [5.74, 6) is 1.77. The monoisotopic (exact) mass is 408 g/mol. The molecule has 12 heteroatoms. The number of nitrogens with one attached hydrogen (secondary N) is 2. The quantitative estimate of drug-likeness (QED) is 0.400. The summed E-state index contributed by atoms with van der Waals surface area (Å²) in [6.45, 7) is 2.55. The standard InChI is InChI=1S/C18H20N10O2/c1-11-22-12(10-13(19)23-11)16-17(25-15-4-3-6-21-28(15)16)24-14-5-8-27(26-14)18(29)20-7-9-30-2/h3-6,8,10H,7,9H2,1-2H3,(H,20,29)(H,24,26)(H2,19,22,23). The van der Waals surface area contributed by atoms with Crippen molar-refractivity contribution in [2.75, 3.05) is 31.3 Å². The zero-order valence-electron chi connectivity index (χ0n) is 16.4. The van der Waals surface area contributed by atoms with Crippen LogP contribution in [-0.4, -0.2) is 60.6 Å². The molecule has 12 nitrogen and oxygen atoms in total. The molecule has 154 valence electrons. The van der Waals surface area contributed by atoms with Gasteiger partial charge in [-0.2, -0.15) is 9.78 Å². The number of ether oxygens (including phenoxy) is 1. The number of rotatable bonds is 6. The lowest BCUT2D eigenvalue weighted by molar-refractivity contribution is 0.195. The van der Waals surface area contributed by atoms with Gasteiger partial charge in [-0.05, 0) is 19.1 Å². The smallest absolute Gasteiger partial charge is 0.342 e. The molecule has 4 heterocycles. The van der Waals surface area contributed by atoms with Gasteiger partial charge in [-0.15, -0.1) is 5.10 Å². The van der Waals surface area contributed by atoms with Crippen molar-refractivity contribution in [3.8, 4) is 11.4 Å². The Hall–Kier alpha value is -4.06. The van der Waals surface area contributed by atoms with E-state index in [1.54, 1.807) is 49.1 Å². The third kappa shape index (κ3) is 3.89. The Morgan fingerprint density at radius 1 is 1.27 bits per heavy atom. The van der Waals surface area contributed by atoms with Gasteiger partial charge in [-0.3, -0.25) is 0 Å². The predicted molar refractivity (Wildman–Crippen MR) is 109 cm³/mol. The average molecular weight is 408 g/mol. The van der Waals surface area contributed by atoms with Crippen molar-refractivity contribution >= 4 is 29.1 Å². The molecule has 0 radical (unpaired) electrons. The fourth-order valence-corrected chi connectivity index (χ4v) is 2.88. The number of aromatic nitrogens is 7. The van der Waals surface area contributed by atoms with Gasteiger partial charge >= 0.3 is 6.03 Å². The fraction of sp³-hybridized carbons (Fsp3) is 0.222. The summed E-state index contributed by atoms with van der Waals surface area (Å²) in [7, 11) is 1.57. The summed E-state index contributed by atoms with van der Waals surface area (Å²) >= 11 is 0. The summed E-state index contributed by atoms with van der Waals surface area (Å²) < 4.78 is 7.76. The number of hydrogen-bond donors (Lipinski definition) is 3. The van der Waals surface area contributed by atoms with E-state index in [0.717, 1.165) is 0 Å². The molecule has 0 saturated heterocycles. The molecule has 0 atom stereocenters. The number of fused-ring (bicyclic) bond motifs is 1. The van der Waals surface area contributed by atoms with Crippen LogP contribution in [0.2, 0.25) is 0 Å². The van der Waals surface area contributed by atoms with E-state index >= 15 is 0 Å². The van der Waals surface area contributed by atoms with E-state index in [1.807, 2.05) is 6.07 Å². The summed E-state index contributed by atoms with van der Waals surface area (Å²) in [5, 5.41) is 14.4. The Balaban J connectivity index is 1.68. The van der Waals surface area contributed by atoms with Crippen molar-refractivity contribution in [1.82, 2.24) is 39.7 Å². The van der Waals surface area contributed by atoms with Crippen LogP contribution in [-0.2, 0) is 4.74 Å². The minimum atomic E-state index is -0.365. The van der Waals surface area contributed by atoms with Gasteiger partial charge in [0.2, 0.25) is 0 Å². The lowest BCUT2D eigenvalue weighted by Gasteiger charge is -2.06. The molecule has 0 bridgehead atoms. The van der Waals surface area contributed by atoms with E-state index in [-0.39, 0.29) is 6.03 Å². The molecule has 0 spiro atoms. The molecule has 4 N–H and O–H groups in total. The molecule has 0 fully saturated rings. The first kappa shape index (κ1) is 19.3. The van der Waals surface area contributed by atoms with Crippen LogP contribution in [0, 0.1) is 6.92 Å². The number of carbonyl (C=O) groups is 1. The Morgan fingerprint density at radius 3 is 2.93 bits per heavy atom. The Labute approximate surface area is 171 Å². The van der Waals surface area contributed by atoms with Gasteiger partial charge in [0.05, 0.1) is 12.3 Å². The van der Waals surface area contributed by atoms with E-state index in [2.05, 4.69) is 35.8 Å². The van der Waals surface area contributed by atoms with Crippen molar-refractivity contribution in [3.05, 3.63) is 42.5 Å². The van der Waals surface area contributed by atoms with E-state index in [1.165, 1.54) is 4.68 Å². The van der Waals surface area contributed by atoms with Crippen LogP contribution in [0.15, 0.2) is 36.7 Å². The lowest BCUT2D eigenvalue weighted by atomic mass is 10.3. The summed E-state index contributed by atoms with van der Waals surface area (Å²) in [6.07, 6.45) is 3.20. The van der Waals surface area contributed by atoms with Crippen LogP contribution >= 0.6 is 0 Å². The first-order valence-electron chi connectivity index (χ1n) is 9.10. The van der Waals surface area contributed by atoms with E-state index in [0.29, 0.717) is 53.5 Å². The zero-order chi connectivity index (χ0) is 21.1. The molecule has 0 unspecified atom stereocenters. The minimum absolute atomic E-state index is 0.339. The molecule has 30 heavy (non-hydrogen) atoms. The van der Waals surface area contributed by atoms with Gasteiger partial charge in [-0.1, -0.05) is 0 Å². The maximum Gasteiger partial charge on any atom is 0.342 e. The topological polar surface area (TPSA) is 150 Å². The van der Waals surface area contributed by atoms with E-state index in [4.69, 9.17) is 10.5 Å². The second-order valence-corrected chi connectivity index (χ2v) is 6.32. The number of carbonyl (C=O) groups excluding carboxylic acids is 1. The summed E-state index contributed by atoms with van der Waals surface area (Å²) in [5.41, 5.74) is 7.68. The summed E-state index contributed by atoms with van der Waals surface area (Å²) in [4.78, 5) is 25.3. The van der Waals surface area contributed by atoms with Crippen LogP contribution < -0.4 is 16.4 Å². The van der Waals surface area contributed by atoms with Crippen molar-refractivity contribution in [1.29, 1.82) is 0 Å². The molecule has 0 aliphatic carbocycles.